The summed E-state index contributed by atoms with van der Waals surface area (Å²) in [7, 11) is 0. The maximum atomic E-state index is 13.4. The number of aliphatic carboxylic acids is 1. The zero-order valence-corrected chi connectivity index (χ0v) is 18.3. The van der Waals surface area contributed by atoms with Gasteiger partial charge in [0.05, 0.1) is 5.92 Å². The number of hydrogen-bond donors (Lipinski definition) is 1. The monoisotopic (exact) mass is 432 g/mol. The van der Waals surface area contributed by atoms with E-state index in [-0.39, 0.29) is 0 Å². The fourth-order valence-electron chi connectivity index (χ4n) is 5.08. The molecule has 170 valence electrons. The Labute approximate surface area is 184 Å². The summed E-state index contributed by atoms with van der Waals surface area (Å²) >= 11 is 0. The Morgan fingerprint density at radius 3 is 2.39 bits per heavy atom. The Hall–Kier alpha value is -2.01. The van der Waals surface area contributed by atoms with Gasteiger partial charge in [-0.1, -0.05) is 75.4 Å². The van der Waals surface area contributed by atoms with Crippen molar-refractivity contribution in [3.63, 3.8) is 0 Å². The summed E-state index contributed by atoms with van der Waals surface area (Å²) in [5.74, 6) is -0.772. The Morgan fingerprint density at radius 1 is 1.10 bits per heavy atom. The van der Waals surface area contributed by atoms with Crippen LogP contribution >= 0.6 is 0 Å². The van der Waals surface area contributed by atoms with Gasteiger partial charge in [-0.15, -0.1) is 0 Å². The summed E-state index contributed by atoms with van der Waals surface area (Å²) in [6.07, 6.45) is 16.7. The molecule has 1 aromatic rings. The van der Waals surface area contributed by atoms with Crippen LogP contribution in [0, 0.1) is 11.8 Å². The van der Waals surface area contributed by atoms with Gasteiger partial charge in [-0.05, 0) is 60.8 Å². The normalized spacial score (nSPS) is 28.2. The molecule has 0 radical (unpaired) electrons. The van der Waals surface area contributed by atoms with Crippen LogP contribution in [0.15, 0.2) is 48.6 Å². The molecule has 3 rings (SSSR count). The van der Waals surface area contributed by atoms with Crippen LogP contribution in [0.4, 0.5) is 8.78 Å². The maximum Gasteiger partial charge on any atom is 0.346 e. The molecule has 1 fully saturated rings. The summed E-state index contributed by atoms with van der Waals surface area (Å²) < 4.78 is 31.9. The highest BCUT2D eigenvalue weighted by atomic mass is 19.3. The number of carbonyl (C=O) groups is 1. The summed E-state index contributed by atoms with van der Waals surface area (Å²) in [6.45, 7) is -0.742. The van der Waals surface area contributed by atoms with Crippen LogP contribution in [0.5, 0.6) is 0 Å². The fourth-order valence-corrected chi connectivity index (χ4v) is 5.08. The molecule has 0 aliphatic heterocycles. The molecule has 0 heterocycles. The lowest BCUT2D eigenvalue weighted by Gasteiger charge is -2.36. The molecule has 3 nitrogen and oxygen atoms in total. The molecular formula is C26H34F2O3. The SMILES string of the molecule is CCCCCCC1CCC(c2ccccc2C2(OC(F)F)C=CC(C(=O)O)C=C2)CC1. The third kappa shape index (κ3) is 6.03. The van der Waals surface area contributed by atoms with Gasteiger partial charge >= 0.3 is 12.6 Å². The molecule has 0 bridgehead atoms. The molecule has 5 heteroatoms. The standard InChI is InChI=1S/C26H34F2O3/c1-2-3-4-5-8-19-11-13-20(14-12-19)22-9-6-7-10-23(22)26(31-25(27)28)17-15-21(16-18-26)24(29)30/h6-7,9-10,15-21,25H,2-5,8,11-14H2,1H3,(H,29,30). The smallest absolute Gasteiger partial charge is 0.346 e. The van der Waals surface area contributed by atoms with Gasteiger partial charge in [0.25, 0.3) is 0 Å². The predicted molar refractivity (Wildman–Crippen MR) is 118 cm³/mol. The molecule has 0 amide bonds. The van der Waals surface area contributed by atoms with Gasteiger partial charge in [-0.2, -0.15) is 8.78 Å². The lowest BCUT2D eigenvalue weighted by molar-refractivity contribution is -0.180. The van der Waals surface area contributed by atoms with E-state index < -0.39 is 24.1 Å². The van der Waals surface area contributed by atoms with E-state index in [2.05, 4.69) is 6.92 Å². The molecule has 0 unspecified atom stereocenters. The molecular weight excluding hydrogens is 398 g/mol. The van der Waals surface area contributed by atoms with E-state index in [9.17, 15) is 18.7 Å². The van der Waals surface area contributed by atoms with E-state index in [4.69, 9.17) is 4.74 Å². The number of ether oxygens (including phenoxy) is 1. The minimum Gasteiger partial charge on any atom is -0.481 e. The van der Waals surface area contributed by atoms with Gasteiger partial charge in [0, 0.05) is 0 Å². The summed E-state index contributed by atoms with van der Waals surface area (Å²) in [4.78, 5) is 11.3. The van der Waals surface area contributed by atoms with Crippen LogP contribution in [0.1, 0.15) is 81.8 Å². The average molecular weight is 433 g/mol. The summed E-state index contributed by atoms with van der Waals surface area (Å²) in [5.41, 5.74) is 0.293. The zero-order chi connectivity index (χ0) is 22.3. The largest absolute Gasteiger partial charge is 0.481 e. The molecule has 0 spiro atoms. The van der Waals surface area contributed by atoms with Crippen molar-refractivity contribution in [3.8, 4) is 0 Å². The first-order valence-corrected chi connectivity index (χ1v) is 11.6. The first-order chi connectivity index (χ1) is 14.9. The molecule has 1 aromatic carbocycles. The lowest BCUT2D eigenvalue weighted by atomic mass is 9.73. The first kappa shape index (κ1) is 23.6. The minimum atomic E-state index is -2.97. The van der Waals surface area contributed by atoms with Crippen molar-refractivity contribution in [1.82, 2.24) is 0 Å². The quantitative estimate of drug-likeness (QED) is 0.314. The molecule has 2 aliphatic carbocycles. The molecule has 2 aliphatic rings. The van der Waals surface area contributed by atoms with Gasteiger partial charge in [-0.3, -0.25) is 4.79 Å². The number of rotatable bonds is 10. The number of alkyl halides is 2. The van der Waals surface area contributed by atoms with E-state index in [1.54, 1.807) is 0 Å². The van der Waals surface area contributed by atoms with Crippen molar-refractivity contribution in [2.45, 2.75) is 82.8 Å². The van der Waals surface area contributed by atoms with Gasteiger partial charge in [0.1, 0.15) is 5.60 Å². The lowest BCUT2D eigenvalue weighted by Crippen LogP contribution is -2.32. The van der Waals surface area contributed by atoms with Gasteiger partial charge in [0.2, 0.25) is 0 Å². The Morgan fingerprint density at radius 2 is 1.77 bits per heavy atom. The second kappa shape index (κ2) is 11.0. The van der Waals surface area contributed by atoms with Gasteiger partial charge in [0.15, 0.2) is 0 Å². The van der Waals surface area contributed by atoms with Crippen molar-refractivity contribution in [3.05, 3.63) is 59.7 Å². The van der Waals surface area contributed by atoms with Crippen molar-refractivity contribution in [2.75, 3.05) is 0 Å². The highest BCUT2D eigenvalue weighted by Crippen LogP contribution is 2.44. The van der Waals surface area contributed by atoms with Crippen LogP contribution in [-0.2, 0) is 15.1 Å². The highest BCUT2D eigenvalue weighted by Gasteiger charge is 2.38. The van der Waals surface area contributed by atoms with Crippen molar-refractivity contribution >= 4 is 5.97 Å². The van der Waals surface area contributed by atoms with Crippen LogP contribution in [-0.4, -0.2) is 17.7 Å². The number of hydrogen-bond acceptors (Lipinski definition) is 2. The summed E-state index contributed by atoms with van der Waals surface area (Å²) in [5, 5.41) is 9.24. The Bertz CT molecular complexity index is 765. The van der Waals surface area contributed by atoms with Crippen molar-refractivity contribution < 1.29 is 23.4 Å². The zero-order valence-electron chi connectivity index (χ0n) is 18.3. The highest BCUT2D eigenvalue weighted by molar-refractivity contribution is 5.75. The topological polar surface area (TPSA) is 46.5 Å². The average Bonchev–Trinajstić information content (AvgIpc) is 2.77. The van der Waals surface area contributed by atoms with Crippen molar-refractivity contribution in [2.24, 2.45) is 11.8 Å². The van der Waals surface area contributed by atoms with E-state index in [1.807, 2.05) is 24.3 Å². The third-order valence-electron chi connectivity index (χ3n) is 6.81. The van der Waals surface area contributed by atoms with Crippen LogP contribution < -0.4 is 0 Å². The minimum absolute atomic E-state index is 0.306. The maximum absolute atomic E-state index is 13.4. The molecule has 1 saturated carbocycles. The molecule has 0 atom stereocenters. The number of unbranched alkanes of at least 4 members (excludes halogenated alkanes) is 3. The molecule has 31 heavy (non-hydrogen) atoms. The second-order valence-electron chi connectivity index (χ2n) is 8.91. The summed E-state index contributed by atoms with van der Waals surface area (Å²) in [6, 6.07) is 7.63. The van der Waals surface area contributed by atoms with Crippen LogP contribution in [0.3, 0.4) is 0 Å². The van der Waals surface area contributed by atoms with Crippen LogP contribution in [0.2, 0.25) is 0 Å². The number of carboxylic acid groups (broad SMARTS) is 1. The van der Waals surface area contributed by atoms with E-state index in [1.165, 1.54) is 69.2 Å². The third-order valence-corrected chi connectivity index (χ3v) is 6.81. The number of benzene rings is 1. The predicted octanol–water partition coefficient (Wildman–Crippen LogP) is 7.19. The van der Waals surface area contributed by atoms with Crippen molar-refractivity contribution in [1.29, 1.82) is 0 Å². The van der Waals surface area contributed by atoms with E-state index in [0.29, 0.717) is 11.5 Å². The molecule has 1 N–H and O–H groups in total. The first-order valence-electron chi connectivity index (χ1n) is 11.6. The van der Waals surface area contributed by atoms with E-state index in [0.717, 1.165) is 24.3 Å². The van der Waals surface area contributed by atoms with E-state index >= 15 is 0 Å². The van der Waals surface area contributed by atoms with Crippen LogP contribution in [0.25, 0.3) is 0 Å². The number of halogens is 2. The van der Waals surface area contributed by atoms with Gasteiger partial charge in [-0.25, -0.2) is 0 Å². The Balaban J connectivity index is 1.77. The molecule has 0 aromatic heterocycles. The van der Waals surface area contributed by atoms with Gasteiger partial charge < -0.3 is 9.84 Å². The fraction of sp³-hybridized carbons (Fsp3) is 0.577. The number of carboxylic acids is 1. The Kier molecular flexibility index (Phi) is 8.42. The molecule has 0 saturated heterocycles. The second-order valence-corrected chi connectivity index (χ2v) is 8.91.